The Balaban J connectivity index is 4.86. The second-order valence-corrected chi connectivity index (χ2v) is 9.08. The Morgan fingerprint density at radius 1 is 0.857 bits per heavy atom. The molecule has 0 amide bonds. The number of hydrogen-bond donors (Lipinski definition) is 2. The standard InChI is InChI=1S/C21H42O7/c1-17(24)26-13-9-19(2,3)18(16-25-15-12-23)28-21(6,7)10-14-27-20(4,5)8-11-22/h18,22-23H,8-16H2,1-7H3. The quantitative estimate of drug-likeness (QED) is 0.301. The van der Waals surface area contributed by atoms with E-state index in [9.17, 15) is 4.79 Å². The molecule has 7 heteroatoms. The molecule has 0 aromatic rings. The number of hydrogen-bond acceptors (Lipinski definition) is 7. The fraction of sp³-hybridized carbons (Fsp3) is 0.952. The van der Waals surface area contributed by atoms with Gasteiger partial charge in [0.1, 0.15) is 0 Å². The summed E-state index contributed by atoms with van der Waals surface area (Å²) in [6.45, 7) is 14.9. The van der Waals surface area contributed by atoms with Crippen molar-refractivity contribution in [3.63, 3.8) is 0 Å². The Kier molecular flexibility index (Phi) is 12.4. The maximum absolute atomic E-state index is 11.0. The lowest BCUT2D eigenvalue weighted by atomic mass is 9.83. The largest absolute Gasteiger partial charge is 0.466 e. The molecule has 28 heavy (non-hydrogen) atoms. The van der Waals surface area contributed by atoms with E-state index in [1.165, 1.54) is 6.92 Å². The number of ether oxygens (including phenoxy) is 4. The fourth-order valence-electron chi connectivity index (χ4n) is 2.65. The van der Waals surface area contributed by atoms with E-state index in [1.807, 2.05) is 27.7 Å². The molecule has 0 radical (unpaired) electrons. The number of aliphatic hydroxyl groups excluding tert-OH is 2. The number of carbonyl (C=O) groups is 1. The summed E-state index contributed by atoms with van der Waals surface area (Å²) >= 11 is 0. The molecule has 7 nitrogen and oxygen atoms in total. The zero-order valence-electron chi connectivity index (χ0n) is 18.9. The van der Waals surface area contributed by atoms with Crippen LogP contribution in [0.4, 0.5) is 0 Å². The number of aliphatic hydroxyl groups is 2. The summed E-state index contributed by atoms with van der Waals surface area (Å²) in [5, 5.41) is 18.1. The smallest absolute Gasteiger partial charge is 0.302 e. The van der Waals surface area contributed by atoms with Gasteiger partial charge in [-0.2, -0.15) is 0 Å². The average Bonchev–Trinajstić information content (AvgIpc) is 2.52. The van der Waals surface area contributed by atoms with Gasteiger partial charge in [0, 0.05) is 13.5 Å². The maximum Gasteiger partial charge on any atom is 0.302 e. The molecule has 0 aliphatic heterocycles. The third-order valence-electron chi connectivity index (χ3n) is 4.80. The second-order valence-electron chi connectivity index (χ2n) is 9.08. The number of carbonyl (C=O) groups excluding carboxylic acids is 1. The van der Waals surface area contributed by atoms with Gasteiger partial charge in [0.05, 0.1) is 50.3 Å². The molecule has 0 bridgehead atoms. The van der Waals surface area contributed by atoms with Gasteiger partial charge in [0.2, 0.25) is 0 Å². The van der Waals surface area contributed by atoms with E-state index in [0.29, 0.717) is 39.1 Å². The van der Waals surface area contributed by atoms with Gasteiger partial charge in [-0.1, -0.05) is 13.8 Å². The molecule has 0 aliphatic rings. The van der Waals surface area contributed by atoms with Crippen molar-refractivity contribution in [1.82, 2.24) is 0 Å². The van der Waals surface area contributed by atoms with Gasteiger partial charge in [-0.25, -0.2) is 0 Å². The molecule has 0 spiro atoms. The van der Waals surface area contributed by atoms with Gasteiger partial charge >= 0.3 is 5.97 Å². The monoisotopic (exact) mass is 406 g/mol. The first-order chi connectivity index (χ1) is 12.9. The van der Waals surface area contributed by atoms with E-state index >= 15 is 0 Å². The second kappa shape index (κ2) is 12.8. The molecule has 0 fully saturated rings. The van der Waals surface area contributed by atoms with Crippen molar-refractivity contribution >= 4 is 5.97 Å². The van der Waals surface area contributed by atoms with Crippen LogP contribution in [0.5, 0.6) is 0 Å². The molecule has 2 N–H and O–H groups in total. The van der Waals surface area contributed by atoms with Crippen molar-refractivity contribution in [3.05, 3.63) is 0 Å². The van der Waals surface area contributed by atoms with Gasteiger partial charge in [-0.05, 0) is 52.4 Å². The van der Waals surface area contributed by atoms with Gasteiger partial charge < -0.3 is 29.2 Å². The number of esters is 1. The molecule has 1 atom stereocenters. The van der Waals surface area contributed by atoms with Crippen molar-refractivity contribution in [1.29, 1.82) is 0 Å². The first-order valence-corrected chi connectivity index (χ1v) is 10.1. The van der Waals surface area contributed by atoms with Crippen LogP contribution in [0.15, 0.2) is 0 Å². The first-order valence-electron chi connectivity index (χ1n) is 10.1. The van der Waals surface area contributed by atoms with Crippen LogP contribution in [0.25, 0.3) is 0 Å². The Hall–Kier alpha value is -0.730. The average molecular weight is 407 g/mol. The van der Waals surface area contributed by atoms with Crippen molar-refractivity contribution < 1.29 is 34.0 Å². The third-order valence-corrected chi connectivity index (χ3v) is 4.80. The van der Waals surface area contributed by atoms with Crippen LogP contribution in [0.2, 0.25) is 0 Å². The summed E-state index contributed by atoms with van der Waals surface area (Å²) in [4.78, 5) is 11.0. The van der Waals surface area contributed by atoms with E-state index in [1.54, 1.807) is 0 Å². The highest BCUT2D eigenvalue weighted by atomic mass is 16.6. The Morgan fingerprint density at radius 3 is 2.04 bits per heavy atom. The van der Waals surface area contributed by atoms with Gasteiger partial charge in [-0.15, -0.1) is 0 Å². The van der Waals surface area contributed by atoms with E-state index < -0.39 is 5.60 Å². The molecule has 0 aromatic carbocycles. The molecule has 168 valence electrons. The minimum atomic E-state index is -0.457. The summed E-state index contributed by atoms with van der Waals surface area (Å²) < 4.78 is 23.0. The summed E-state index contributed by atoms with van der Waals surface area (Å²) in [7, 11) is 0. The molecule has 0 rings (SSSR count). The van der Waals surface area contributed by atoms with Crippen LogP contribution in [0, 0.1) is 5.41 Å². The van der Waals surface area contributed by atoms with E-state index in [4.69, 9.17) is 29.2 Å². The highest BCUT2D eigenvalue weighted by molar-refractivity contribution is 5.65. The Bertz CT molecular complexity index is 432. The zero-order chi connectivity index (χ0) is 21.8. The lowest BCUT2D eigenvalue weighted by Gasteiger charge is -2.40. The van der Waals surface area contributed by atoms with Gasteiger partial charge in [0.25, 0.3) is 0 Å². The fourth-order valence-corrected chi connectivity index (χ4v) is 2.65. The lowest BCUT2D eigenvalue weighted by molar-refractivity contribution is -0.164. The third kappa shape index (κ3) is 12.7. The first kappa shape index (κ1) is 27.3. The SMILES string of the molecule is CC(=O)OCCC(C)(C)C(COCCO)OC(C)(C)CCOC(C)(C)CCO. The van der Waals surface area contributed by atoms with Crippen LogP contribution in [0.1, 0.15) is 67.7 Å². The summed E-state index contributed by atoms with van der Waals surface area (Å²) in [6.07, 6.45) is 1.65. The lowest BCUT2D eigenvalue weighted by Crippen LogP contribution is -2.44. The molecular weight excluding hydrogens is 364 g/mol. The van der Waals surface area contributed by atoms with Crippen molar-refractivity contribution in [2.24, 2.45) is 5.41 Å². The van der Waals surface area contributed by atoms with E-state index in [2.05, 4.69) is 13.8 Å². The van der Waals surface area contributed by atoms with Crippen molar-refractivity contribution in [2.45, 2.75) is 85.0 Å². The molecule has 1 unspecified atom stereocenters. The van der Waals surface area contributed by atoms with Gasteiger partial charge in [0.15, 0.2) is 0 Å². The molecule has 0 saturated heterocycles. The summed E-state index contributed by atoms with van der Waals surface area (Å²) in [6, 6.07) is 0. The predicted molar refractivity (Wildman–Crippen MR) is 108 cm³/mol. The maximum atomic E-state index is 11.0. The highest BCUT2D eigenvalue weighted by Gasteiger charge is 2.35. The van der Waals surface area contributed by atoms with E-state index in [-0.39, 0.29) is 42.9 Å². The van der Waals surface area contributed by atoms with Gasteiger partial charge in [-0.3, -0.25) is 4.79 Å². The van der Waals surface area contributed by atoms with Crippen LogP contribution in [-0.4, -0.2) is 73.1 Å². The number of rotatable bonds is 16. The predicted octanol–water partition coefficient (Wildman–Crippen LogP) is 2.71. The molecule has 0 saturated carbocycles. The molecule has 0 aliphatic carbocycles. The minimum Gasteiger partial charge on any atom is -0.466 e. The van der Waals surface area contributed by atoms with Crippen LogP contribution < -0.4 is 0 Å². The molecular formula is C21H42O7. The Morgan fingerprint density at radius 2 is 1.50 bits per heavy atom. The normalized spacial score (nSPS) is 14.2. The van der Waals surface area contributed by atoms with Crippen LogP contribution >= 0.6 is 0 Å². The van der Waals surface area contributed by atoms with Crippen molar-refractivity contribution in [3.8, 4) is 0 Å². The minimum absolute atomic E-state index is 0.0439. The molecule has 0 aromatic heterocycles. The highest BCUT2D eigenvalue weighted by Crippen LogP contribution is 2.32. The van der Waals surface area contributed by atoms with E-state index in [0.717, 1.165) is 0 Å². The summed E-state index contributed by atoms with van der Waals surface area (Å²) in [5.41, 5.74) is -1.13. The summed E-state index contributed by atoms with van der Waals surface area (Å²) in [5.74, 6) is -0.298. The van der Waals surface area contributed by atoms with Crippen LogP contribution in [0.3, 0.4) is 0 Å². The van der Waals surface area contributed by atoms with Crippen LogP contribution in [-0.2, 0) is 23.7 Å². The molecule has 0 heterocycles. The van der Waals surface area contributed by atoms with Crippen molar-refractivity contribution in [2.75, 3.05) is 39.6 Å². The topological polar surface area (TPSA) is 94.5 Å². The Labute approximate surface area is 170 Å². The zero-order valence-corrected chi connectivity index (χ0v) is 18.9.